The molecule has 2 N–H and O–H groups in total. The molecule has 3 aromatic rings. The number of carbonyl (C=O) groups is 1. The van der Waals surface area contributed by atoms with Crippen LogP contribution in [0.15, 0.2) is 60.7 Å². The number of rotatable bonds is 4. The zero-order valence-electron chi connectivity index (χ0n) is 12.7. The Morgan fingerprint density at radius 1 is 1.04 bits per heavy atom. The van der Waals surface area contributed by atoms with Crippen LogP contribution in [0.3, 0.4) is 0 Å². The highest BCUT2D eigenvalue weighted by Crippen LogP contribution is 2.27. The van der Waals surface area contributed by atoms with Gasteiger partial charge >= 0.3 is 0 Å². The molecule has 0 heterocycles. The van der Waals surface area contributed by atoms with Gasteiger partial charge in [-0.15, -0.1) is 0 Å². The second-order valence-electron chi connectivity index (χ2n) is 5.25. The number of benzene rings is 3. The minimum Gasteiger partial charge on any atom is -0.508 e. The number of hydrogen-bond acceptors (Lipinski definition) is 3. The first kappa shape index (κ1) is 14.9. The maximum absolute atomic E-state index is 12.3. The summed E-state index contributed by atoms with van der Waals surface area (Å²) in [5.41, 5.74) is 1.20. The van der Waals surface area contributed by atoms with Crippen molar-refractivity contribution in [2.45, 2.75) is 6.42 Å². The van der Waals surface area contributed by atoms with Crippen molar-refractivity contribution in [3.05, 3.63) is 66.2 Å². The second-order valence-corrected chi connectivity index (χ2v) is 5.25. The first-order valence-corrected chi connectivity index (χ1v) is 7.31. The van der Waals surface area contributed by atoms with Crippen LogP contribution in [-0.4, -0.2) is 18.1 Å². The average Bonchev–Trinajstić information content (AvgIpc) is 2.56. The molecule has 116 valence electrons. The molecule has 0 saturated heterocycles. The van der Waals surface area contributed by atoms with Crippen molar-refractivity contribution in [3.63, 3.8) is 0 Å². The van der Waals surface area contributed by atoms with Gasteiger partial charge in [0, 0.05) is 5.56 Å². The number of phenols is 1. The third-order valence-corrected chi connectivity index (χ3v) is 3.68. The lowest BCUT2D eigenvalue weighted by molar-refractivity contribution is -0.115. The van der Waals surface area contributed by atoms with E-state index in [4.69, 9.17) is 4.74 Å². The number of aromatic hydroxyl groups is 1. The van der Waals surface area contributed by atoms with Crippen molar-refractivity contribution in [3.8, 4) is 11.5 Å². The molecule has 1 amide bonds. The molecule has 23 heavy (non-hydrogen) atoms. The first-order valence-electron chi connectivity index (χ1n) is 7.31. The largest absolute Gasteiger partial charge is 0.508 e. The van der Waals surface area contributed by atoms with E-state index in [1.807, 2.05) is 42.5 Å². The van der Waals surface area contributed by atoms with Crippen LogP contribution in [0.5, 0.6) is 11.5 Å². The molecular weight excluding hydrogens is 290 g/mol. The Bertz CT molecular complexity index is 858. The van der Waals surface area contributed by atoms with Gasteiger partial charge in [-0.25, -0.2) is 0 Å². The summed E-state index contributed by atoms with van der Waals surface area (Å²) in [6, 6.07) is 18.5. The maximum Gasteiger partial charge on any atom is 0.229 e. The summed E-state index contributed by atoms with van der Waals surface area (Å²) in [7, 11) is 1.56. The smallest absolute Gasteiger partial charge is 0.229 e. The minimum absolute atomic E-state index is 0.0920. The topological polar surface area (TPSA) is 58.6 Å². The lowest BCUT2D eigenvalue weighted by Gasteiger charge is -2.11. The lowest BCUT2D eigenvalue weighted by Crippen LogP contribution is -2.15. The van der Waals surface area contributed by atoms with Crippen molar-refractivity contribution in [1.82, 2.24) is 0 Å². The monoisotopic (exact) mass is 307 g/mol. The number of para-hydroxylation sites is 2. The molecule has 0 aromatic heterocycles. The zero-order valence-corrected chi connectivity index (χ0v) is 12.7. The van der Waals surface area contributed by atoms with Gasteiger partial charge in [-0.3, -0.25) is 4.79 Å². The Kier molecular flexibility index (Phi) is 4.15. The van der Waals surface area contributed by atoms with E-state index in [-0.39, 0.29) is 18.1 Å². The Morgan fingerprint density at radius 2 is 1.70 bits per heavy atom. The highest BCUT2D eigenvalue weighted by atomic mass is 16.5. The second kappa shape index (κ2) is 6.40. The molecule has 3 rings (SSSR count). The molecule has 0 unspecified atom stereocenters. The highest BCUT2D eigenvalue weighted by Gasteiger charge is 2.11. The van der Waals surface area contributed by atoms with Crippen LogP contribution in [0.25, 0.3) is 10.8 Å². The fraction of sp³-hybridized carbons (Fsp3) is 0.105. The zero-order chi connectivity index (χ0) is 16.2. The van der Waals surface area contributed by atoms with Crippen LogP contribution in [0.2, 0.25) is 0 Å². The van der Waals surface area contributed by atoms with Crippen LogP contribution in [-0.2, 0) is 11.2 Å². The van der Waals surface area contributed by atoms with Crippen molar-refractivity contribution >= 4 is 22.4 Å². The Morgan fingerprint density at radius 3 is 2.43 bits per heavy atom. The van der Waals surface area contributed by atoms with Gasteiger partial charge in [0.25, 0.3) is 0 Å². The quantitative estimate of drug-likeness (QED) is 0.772. The van der Waals surface area contributed by atoms with Gasteiger partial charge in [-0.2, -0.15) is 0 Å². The Balaban J connectivity index is 1.81. The molecule has 0 radical (unpaired) electrons. The van der Waals surface area contributed by atoms with E-state index in [1.54, 1.807) is 25.3 Å². The number of amides is 1. The lowest BCUT2D eigenvalue weighted by atomic mass is 10.0. The van der Waals surface area contributed by atoms with Gasteiger partial charge in [0.05, 0.1) is 19.2 Å². The summed E-state index contributed by atoms with van der Waals surface area (Å²) in [6.45, 7) is 0. The van der Waals surface area contributed by atoms with Crippen molar-refractivity contribution in [2.24, 2.45) is 0 Å². The van der Waals surface area contributed by atoms with Gasteiger partial charge in [0.2, 0.25) is 5.91 Å². The van der Waals surface area contributed by atoms with Gasteiger partial charge < -0.3 is 15.2 Å². The van der Waals surface area contributed by atoms with Crippen LogP contribution >= 0.6 is 0 Å². The SMILES string of the molecule is COc1ccccc1NC(=O)Cc1cc2ccccc2cc1O. The van der Waals surface area contributed by atoms with E-state index < -0.39 is 0 Å². The number of anilines is 1. The van der Waals surface area contributed by atoms with Crippen LogP contribution in [0.1, 0.15) is 5.56 Å². The predicted molar refractivity (Wildman–Crippen MR) is 90.9 cm³/mol. The number of hydrogen-bond donors (Lipinski definition) is 2. The Hall–Kier alpha value is -3.01. The van der Waals surface area contributed by atoms with Gasteiger partial charge in [0.1, 0.15) is 11.5 Å². The van der Waals surface area contributed by atoms with Crippen LogP contribution in [0.4, 0.5) is 5.69 Å². The predicted octanol–water partition coefficient (Wildman–Crippen LogP) is 3.74. The van der Waals surface area contributed by atoms with Crippen molar-refractivity contribution in [1.29, 1.82) is 0 Å². The summed E-state index contributed by atoms with van der Waals surface area (Å²) in [5.74, 6) is 0.516. The third-order valence-electron chi connectivity index (χ3n) is 3.68. The fourth-order valence-electron chi connectivity index (χ4n) is 2.53. The molecule has 4 heteroatoms. The van der Waals surface area contributed by atoms with E-state index in [0.717, 1.165) is 10.8 Å². The van der Waals surface area contributed by atoms with E-state index in [2.05, 4.69) is 5.32 Å². The summed E-state index contributed by atoms with van der Waals surface area (Å²) >= 11 is 0. The number of methoxy groups -OCH3 is 1. The first-order chi connectivity index (χ1) is 11.2. The molecule has 0 atom stereocenters. The van der Waals surface area contributed by atoms with Gasteiger partial charge in [0.15, 0.2) is 0 Å². The van der Waals surface area contributed by atoms with E-state index in [1.165, 1.54) is 0 Å². The average molecular weight is 307 g/mol. The van der Waals surface area contributed by atoms with Gasteiger partial charge in [-0.05, 0) is 35.0 Å². The van der Waals surface area contributed by atoms with E-state index in [9.17, 15) is 9.90 Å². The molecule has 0 saturated carbocycles. The molecule has 0 aliphatic rings. The number of nitrogens with one attached hydrogen (secondary N) is 1. The van der Waals surface area contributed by atoms with Crippen molar-refractivity contribution < 1.29 is 14.6 Å². The molecule has 0 fully saturated rings. The molecule has 3 aromatic carbocycles. The van der Waals surface area contributed by atoms with Crippen LogP contribution < -0.4 is 10.1 Å². The highest BCUT2D eigenvalue weighted by molar-refractivity contribution is 5.95. The number of phenolic OH excluding ortho intramolecular Hbond substituents is 1. The maximum atomic E-state index is 12.3. The van der Waals surface area contributed by atoms with Crippen LogP contribution in [0, 0.1) is 0 Å². The number of ether oxygens (including phenoxy) is 1. The standard InChI is InChI=1S/C19H17NO3/c1-23-18-9-5-4-8-16(18)20-19(22)12-15-10-13-6-2-3-7-14(13)11-17(15)21/h2-11,21H,12H2,1H3,(H,20,22). The van der Waals surface area contributed by atoms with Crippen molar-refractivity contribution in [2.75, 3.05) is 12.4 Å². The third kappa shape index (κ3) is 3.26. The van der Waals surface area contributed by atoms with E-state index >= 15 is 0 Å². The number of carbonyl (C=O) groups excluding carboxylic acids is 1. The molecular formula is C19H17NO3. The summed E-state index contributed by atoms with van der Waals surface area (Å²) in [6.07, 6.45) is 0.0920. The minimum atomic E-state index is -0.208. The molecule has 0 aliphatic heterocycles. The molecule has 0 bridgehead atoms. The van der Waals surface area contributed by atoms with Gasteiger partial charge in [-0.1, -0.05) is 36.4 Å². The normalized spacial score (nSPS) is 10.5. The summed E-state index contributed by atoms with van der Waals surface area (Å²) in [5, 5.41) is 14.9. The molecule has 0 aliphatic carbocycles. The fourth-order valence-corrected chi connectivity index (χ4v) is 2.53. The summed E-state index contributed by atoms with van der Waals surface area (Å²) < 4.78 is 5.21. The molecule has 0 spiro atoms. The summed E-state index contributed by atoms with van der Waals surface area (Å²) in [4.78, 5) is 12.3. The van der Waals surface area contributed by atoms with E-state index in [0.29, 0.717) is 17.0 Å². The Labute approximate surface area is 134 Å². The molecule has 4 nitrogen and oxygen atoms in total. The number of fused-ring (bicyclic) bond motifs is 1.